The summed E-state index contributed by atoms with van der Waals surface area (Å²) in [6, 6.07) is 9.88. The fourth-order valence-corrected chi connectivity index (χ4v) is 3.91. The molecule has 0 radical (unpaired) electrons. The lowest BCUT2D eigenvalue weighted by atomic mass is 9.83. The SMILES string of the molecule is CC(OCC1(CS(N)(=O)=O)CCOCC1)c1ccccc1. The number of nitrogens with two attached hydrogens (primary N) is 1. The monoisotopic (exact) mass is 313 g/mol. The van der Waals surface area contributed by atoms with Crippen molar-refractivity contribution in [3.63, 3.8) is 0 Å². The van der Waals surface area contributed by atoms with Gasteiger partial charge in [0.2, 0.25) is 10.0 Å². The van der Waals surface area contributed by atoms with E-state index in [0.29, 0.717) is 32.7 Å². The Morgan fingerprint density at radius 1 is 1.29 bits per heavy atom. The van der Waals surface area contributed by atoms with E-state index >= 15 is 0 Å². The Morgan fingerprint density at radius 3 is 2.48 bits per heavy atom. The van der Waals surface area contributed by atoms with Crippen molar-refractivity contribution in [2.75, 3.05) is 25.6 Å². The van der Waals surface area contributed by atoms with Gasteiger partial charge in [-0.15, -0.1) is 0 Å². The van der Waals surface area contributed by atoms with Crippen molar-refractivity contribution in [3.05, 3.63) is 35.9 Å². The molecule has 1 heterocycles. The summed E-state index contributed by atoms with van der Waals surface area (Å²) in [5, 5.41) is 5.24. The second-order valence-electron chi connectivity index (χ2n) is 5.78. The van der Waals surface area contributed by atoms with Crippen molar-refractivity contribution in [1.29, 1.82) is 0 Å². The minimum Gasteiger partial charge on any atom is -0.381 e. The standard InChI is InChI=1S/C15H23NO4S/c1-13(14-5-3-2-4-6-14)20-11-15(12-21(16,17)18)7-9-19-10-8-15/h2-6,13H,7-12H2,1H3,(H2,16,17,18). The van der Waals surface area contributed by atoms with E-state index in [4.69, 9.17) is 14.6 Å². The number of benzene rings is 1. The number of primary sulfonamides is 1. The average Bonchev–Trinajstić information content (AvgIpc) is 2.45. The molecule has 1 saturated heterocycles. The summed E-state index contributed by atoms with van der Waals surface area (Å²) in [5.74, 6) is -0.0507. The van der Waals surface area contributed by atoms with Gasteiger partial charge in [-0.1, -0.05) is 30.3 Å². The highest BCUT2D eigenvalue weighted by Gasteiger charge is 2.37. The van der Waals surface area contributed by atoms with E-state index in [2.05, 4.69) is 0 Å². The van der Waals surface area contributed by atoms with Crippen molar-refractivity contribution in [1.82, 2.24) is 0 Å². The number of rotatable bonds is 6. The molecule has 1 aliphatic heterocycles. The Balaban J connectivity index is 2.02. The molecule has 0 amide bonds. The molecular weight excluding hydrogens is 290 g/mol. The number of hydrogen-bond acceptors (Lipinski definition) is 4. The fraction of sp³-hybridized carbons (Fsp3) is 0.600. The van der Waals surface area contributed by atoms with Crippen LogP contribution in [-0.4, -0.2) is 34.0 Å². The van der Waals surface area contributed by atoms with Gasteiger partial charge in [-0.05, 0) is 25.3 Å². The highest BCUT2D eigenvalue weighted by molar-refractivity contribution is 7.89. The minimum absolute atomic E-state index is 0.0507. The largest absolute Gasteiger partial charge is 0.381 e. The molecule has 1 aromatic carbocycles. The molecule has 2 N–H and O–H groups in total. The van der Waals surface area contributed by atoms with Gasteiger partial charge in [0.25, 0.3) is 0 Å². The number of hydrogen-bond donors (Lipinski definition) is 1. The molecule has 6 heteroatoms. The second-order valence-corrected chi connectivity index (χ2v) is 7.40. The predicted octanol–water partition coefficient (Wildman–Crippen LogP) is 1.85. The zero-order valence-electron chi connectivity index (χ0n) is 12.3. The fourth-order valence-electron chi connectivity index (χ4n) is 2.68. The molecule has 0 saturated carbocycles. The highest BCUT2D eigenvalue weighted by Crippen LogP contribution is 2.33. The summed E-state index contributed by atoms with van der Waals surface area (Å²) in [6.07, 6.45) is 1.24. The van der Waals surface area contributed by atoms with Gasteiger partial charge in [-0.3, -0.25) is 0 Å². The maximum Gasteiger partial charge on any atom is 0.209 e. The Bertz CT molecular complexity index is 538. The van der Waals surface area contributed by atoms with Crippen LogP contribution in [0.5, 0.6) is 0 Å². The van der Waals surface area contributed by atoms with Gasteiger partial charge < -0.3 is 9.47 Å². The number of ether oxygens (including phenoxy) is 2. The lowest BCUT2D eigenvalue weighted by Gasteiger charge is -2.36. The predicted molar refractivity (Wildman–Crippen MR) is 81.3 cm³/mol. The maximum absolute atomic E-state index is 11.5. The average molecular weight is 313 g/mol. The van der Waals surface area contributed by atoms with Crippen LogP contribution in [0.3, 0.4) is 0 Å². The summed E-state index contributed by atoms with van der Waals surface area (Å²) >= 11 is 0. The molecule has 0 aliphatic carbocycles. The third-order valence-corrected chi connectivity index (χ3v) is 4.98. The van der Waals surface area contributed by atoms with Crippen LogP contribution in [0.15, 0.2) is 30.3 Å². The Morgan fingerprint density at radius 2 is 1.90 bits per heavy atom. The molecule has 1 unspecified atom stereocenters. The van der Waals surface area contributed by atoms with Gasteiger partial charge in [0, 0.05) is 18.6 Å². The Hall–Kier alpha value is -0.950. The number of sulfonamides is 1. The van der Waals surface area contributed by atoms with Crippen LogP contribution in [-0.2, 0) is 19.5 Å². The first-order valence-corrected chi connectivity index (χ1v) is 8.87. The molecule has 1 aromatic rings. The van der Waals surface area contributed by atoms with Crippen molar-refractivity contribution < 1.29 is 17.9 Å². The van der Waals surface area contributed by atoms with E-state index in [9.17, 15) is 8.42 Å². The van der Waals surface area contributed by atoms with Crippen molar-refractivity contribution in [2.24, 2.45) is 10.6 Å². The third-order valence-electron chi connectivity index (χ3n) is 3.97. The van der Waals surface area contributed by atoms with Crippen LogP contribution in [0.25, 0.3) is 0 Å². The van der Waals surface area contributed by atoms with Crippen LogP contribution in [0.4, 0.5) is 0 Å². The van der Waals surface area contributed by atoms with Gasteiger partial charge in [0.1, 0.15) is 0 Å². The first kappa shape index (κ1) is 16.4. The van der Waals surface area contributed by atoms with E-state index in [1.165, 1.54) is 0 Å². The van der Waals surface area contributed by atoms with Crippen LogP contribution in [0.2, 0.25) is 0 Å². The summed E-state index contributed by atoms with van der Waals surface area (Å²) in [7, 11) is -3.53. The summed E-state index contributed by atoms with van der Waals surface area (Å²) < 4.78 is 34.3. The van der Waals surface area contributed by atoms with E-state index in [0.717, 1.165) is 5.56 Å². The lowest BCUT2D eigenvalue weighted by Crippen LogP contribution is -2.42. The maximum atomic E-state index is 11.5. The van der Waals surface area contributed by atoms with E-state index in [1.807, 2.05) is 37.3 Å². The van der Waals surface area contributed by atoms with Gasteiger partial charge in [0.05, 0.1) is 18.5 Å². The first-order chi connectivity index (χ1) is 9.90. The molecule has 0 spiro atoms. The second kappa shape index (κ2) is 6.87. The smallest absolute Gasteiger partial charge is 0.209 e. The molecule has 0 aromatic heterocycles. The molecule has 21 heavy (non-hydrogen) atoms. The van der Waals surface area contributed by atoms with E-state index in [1.54, 1.807) is 0 Å². The summed E-state index contributed by atoms with van der Waals surface area (Å²) in [5.41, 5.74) is 0.643. The molecule has 118 valence electrons. The molecule has 2 rings (SSSR count). The summed E-state index contributed by atoms with van der Waals surface area (Å²) in [6.45, 7) is 3.46. The van der Waals surface area contributed by atoms with Crippen molar-refractivity contribution in [2.45, 2.75) is 25.9 Å². The van der Waals surface area contributed by atoms with E-state index < -0.39 is 15.4 Å². The van der Waals surface area contributed by atoms with Crippen LogP contribution < -0.4 is 5.14 Å². The van der Waals surface area contributed by atoms with Crippen molar-refractivity contribution in [3.8, 4) is 0 Å². The van der Waals surface area contributed by atoms with Gasteiger partial charge in [-0.25, -0.2) is 13.6 Å². The Kier molecular flexibility index (Phi) is 5.37. The normalized spacial score (nSPS) is 20.1. The third kappa shape index (κ3) is 5.07. The van der Waals surface area contributed by atoms with Crippen LogP contribution in [0.1, 0.15) is 31.4 Å². The van der Waals surface area contributed by atoms with Crippen molar-refractivity contribution >= 4 is 10.0 Å². The minimum atomic E-state index is -3.53. The molecule has 0 bridgehead atoms. The van der Waals surface area contributed by atoms with Gasteiger partial charge >= 0.3 is 0 Å². The Labute approximate surface area is 126 Å². The first-order valence-electron chi connectivity index (χ1n) is 7.15. The van der Waals surface area contributed by atoms with Gasteiger partial charge in [-0.2, -0.15) is 0 Å². The van der Waals surface area contributed by atoms with Crippen LogP contribution >= 0.6 is 0 Å². The topological polar surface area (TPSA) is 78.6 Å². The highest BCUT2D eigenvalue weighted by atomic mass is 32.2. The molecule has 1 aliphatic rings. The molecule has 1 atom stereocenters. The van der Waals surface area contributed by atoms with E-state index in [-0.39, 0.29) is 11.9 Å². The van der Waals surface area contributed by atoms with Crippen LogP contribution in [0, 0.1) is 5.41 Å². The molecule has 1 fully saturated rings. The lowest BCUT2D eigenvalue weighted by molar-refractivity contribution is -0.0495. The van der Waals surface area contributed by atoms with Gasteiger partial charge in [0.15, 0.2) is 0 Å². The zero-order valence-corrected chi connectivity index (χ0v) is 13.1. The quantitative estimate of drug-likeness (QED) is 0.869. The molecular formula is C15H23NO4S. The molecule has 5 nitrogen and oxygen atoms in total. The summed E-state index contributed by atoms with van der Waals surface area (Å²) in [4.78, 5) is 0. The zero-order chi connectivity index (χ0) is 15.3.